The van der Waals surface area contributed by atoms with E-state index in [1.165, 1.54) is 31.6 Å². The standard InChI is InChI=1S/C18H15F3N4O2.C2H6/c1-26-17-13(12-2-3-23-15(7-12)27-18(20)21)5-10(9-25-17)4-11-6-14(19)16(22)24-8-11;1-2/h2-3,5-9,18H,4H2,1H3,(H2,22,24);1-2H3. The Morgan fingerprint density at radius 3 is 2.38 bits per heavy atom. The van der Waals surface area contributed by atoms with Crippen LogP contribution in [0.3, 0.4) is 0 Å². The van der Waals surface area contributed by atoms with E-state index in [4.69, 9.17) is 10.5 Å². The molecule has 0 spiro atoms. The molecule has 0 aliphatic heterocycles. The molecule has 0 amide bonds. The fourth-order valence-electron chi connectivity index (χ4n) is 2.51. The molecular formula is C20H21F3N4O2. The molecule has 0 saturated heterocycles. The van der Waals surface area contributed by atoms with Gasteiger partial charge in [0, 0.05) is 36.6 Å². The molecule has 0 fully saturated rings. The highest BCUT2D eigenvalue weighted by Crippen LogP contribution is 2.31. The first-order valence-corrected chi connectivity index (χ1v) is 8.80. The number of alkyl halides is 2. The summed E-state index contributed by atoms with van der Waals surface area (Å²) in [5.74, 6) is -0.693. The summed E-state index contributed by atoms with van der Waals surface area (Å²) in [6, 6.07) is 6.04. The van der Waals surface area contributed by atoms with E-state index in [1.807, 2.05) is 13.8 Å². The normalized spacial score (nSPS) is 10.3. The van der Waals surface area contributed by atoms with Crippen LogP contribution < -0.4 is 15.2 Å². The molecule has 0 saturated carbocycles. The summed E-state index contributed by atoms with van der Waals surface area (Å²) in [5, 5.41) is 0. The maximum Gasteiger partial charge on any atom is 0.388 e. The lowest BCUT2D eigenvalue weighted by molar-refractivity contribution is -0.0528. The molecule has 0 atom stereocenters. The van der Waals surface area contributed by atoms with Gasteiger partial charge in [0.25, 0.3) is 0 Å². The van der Waals surface area contributed by atoms with Gasteiger partial charge in [0.05, 0.1) is 7.11 Å². The van der Waals surface area contributed by atoms with Gasteiger partial charge in [-0.15, -0.1) is 0 Å². The lowest BCUT2D eigenvalue weighted by Gasteiger charge is -2.11. The average molecular weight is 406 g/mol. The van der Waals surface area contributed by atoms with Crippen molar-refractivity contribution in [3.05, 3.63) is 59.8 Å². The van der Waals surface area contributed by atoms with Crippen molar-refractivity contribution in [2.75, 3.05) is 12.8 Å². The van der Waals surface area contributed by atoms with Gasteiger partial charge in [0.2, 0.25) is 11.8 Å². The number of pyridine rings is 3. The van der Waals surface area contributed by atoms with Gasteiger partial charge in [-0.05, 0) is 34.9 Å². The van der Waals surface area contributed by atoms with E-state index >= 15 is 0 Å². The minimum Gasteiger partial charge on any atom is -0.481 e. The highest BCUT2D eigenvalue weighted by Gasteiger charge is 2.13. The first-order chi connectivity index (χ1) is 14.0. The second-order valence-corrected chi connectivity index (χ2v) is 5.55. The first-order valence-electron chi connectivity index (χ1n) is 8.80. The zero-order valence-corrected chi connectivity index (χ0v) is 16.2. The van der Waals surface area contributed by atoms with Crippen molar-refractivity contribution in [3.63, 3.8) is 0 Å². The van der Waals surface area contributed by atoms with Gasteiger partial charge >= 0.3 is 6.61 Å². The Bertz CT molecular complexity index is 955. The Labute approximate surface area is 166 Å². The summed E-state index contributed by atoms with van der Waals surface area (Å²) in [7, 11) is 1.45. The Balaban J connectivity index is 0.00000145. The Hall–Kier alpha value is -3.36. The van der Waals surface area contributed by atoms with Gasteiger partial charge in [0.1, 0.15) is 0 Å². The SMILES string of the molecule is CC.COc1ncc(Cc2cnc(N)c(F)c2)cc1-c1ccnc(OC(F)F)c1. The number of methoxy groups -OCH3 is 1. The second-order valence-electron chi connectivity index (χ2n) is 5.55. The maximum absolute atomic E-state index is 13.6. The van der Waals surface area contributed by atoms with E-state index in [0.717, 1.165) is 5.56 Å². The summed E-state index contributed by atoms with van der Waals surface area (Å²) >= 11 is 0. The molecule has 3 aromatic heterocycles. The summed E-state index contributed by atoms with van der Waals surface area (Å²) in [6.45, 7) is 1.02. The number of ether oxygens (including phenoxy) is 2. The van der Waals surface area contributed by atoms with Gasteiger partial charge in [0.15, 0.2) is 11.6 Å². The van der Waals surface area contributed by atoms with Crippen LogP contribution in [0.4, 0.5) is 19.0 Å². The fraction of sp³-hybridized carbons (Fsp3) is 0.250. The highest BCUT2D eigenvalue weighted by atomic mass is 19.3. The predicted octanol–water partition coefficient (Wildman–Crippen LogP) is 4.49. The van der Waals surface area contributed by atoms with Crippen molar-refractivity contribution < 1.29 is 22.6 Å². The summed E-state index contributed by atoms with van der Waals surface area (Å²) in [4.78, 5) is 11.8. The monoisotopic (exact) mass is 406 g/mol. The fourth-order valence-corrected chi connectivity index (χ4v) is 2.51. The third kappa shape index (κ3) is 5.81. The van der Waals surface area contributed by atoms with Crippen LogP contribution >= 0.6 is 0 Å². The summed E-state index contributed by atoms with van der Waals surface area (Å²) in [5.41, 5.74) is 7.82. The Morgan fingerprint density at radius 1 is 1.03 bits per heavy atom. The number of rotatable bonds is 6. The van der Waals surface area contributed by atoms with Crippen LogP contribution in [0, 0.1) is 5.82 Å². The largest absolute Gasteiger partial charge is 0.481 e. The number of anilines is 1. The average Bonchev–Trinajstić information content (AvgIpc) is 2.72. The molecule has 0 radical (unpaired) electrons. The number of hydrogen-bond acceptors (Lipinski definition) is 6. The third-order valence-corrected chi connectivity index (χ3v) is 3.69. The van der Waals surface area contributed by atoms with E-state index in [1.54, 1.807) is 18.3 Å². The van der Waals surface area contributed by atoms with E-state index in [0.29, 0.717) is 29.0 Å². The highest BCUT2D eigenvalue weighted by molar-refractivity contribution is 5.69. The molecule has 3 heterocycles. The molecule has 0 aliphatic rings. The van der Waals surface area contributed by atoms with Crippen molar-refractivity contribution in [1.82, 2.24) is 15.0 Å². The van der Waals surface area contributed by atoms with Crippen LogP contribution in [-0.4, -0.2) is 28.7 Å². The Morgan fingerprint density at radius 2 is 1.72 bits per heavy atom. The molecule has 0 unspecified atom stereocenters. The lowest BCUT2D eigenvalue weighted by Crippen LogP contribution is -2.03. The van der Waals surface area contributed by atoms with E-state index in [-0.39, 0.29) is 11.7 Å². The zero-order valence-electron chi connectivity index (χ0n) is 16.2. The van der Waals surface area contributed by atoms with Crippen molar-refractivity contribution in [2.24, 2.45) is 0 Å². The van der Waals surface area contributed by atoms with Gasteiger partial charge in [-0.25, -0.2) is 19.3 Å². The molecule has 9 heteroatoms. The molecule has 29 heavy (non-hydrogen) atoms. The lowest BCUT2D eigenvalue weighted by atomic mass is 10.0. The molecule has 3 rings (SSSR count). The van der Waals surface area contributed by atoms with Gasteiger partial charge < -0.3 is 15.2 Å². The predicted molar refractivity (Wildman–Crippen MR) is 103 cm³/mol. The quantitative estimate of drug-likeness (QED) is 0.650. The van der Waals surface area contributed by atoms with Crippen LogP contribution in [0.5, 0.6) is 11.8 Å². The smallest absolute Gasteiger partial charge is 0.388 e. The minimum absolute atomic E-state index is 0.171. The number of halogens is 3. The van der Waals surface area contributed by atoms with Crippen molar-refractivity contribution in [2.45, 2.75) is 26.9 Å². The van der Waals surface area contributed by atoms with Crippen LogP contribution in [0.1, 0.15) is 25.0 Å². The van der Waals surface area contributed by atoms with Crippen LogP contribution in [-0.2, 0) is 6.42 Å². The molecule has 2 N–H and O–H groups in total. The van der Waals surface area contributed by atoms with Crippen molar-refractivity contribution in [3.8, 4) is 22.9 Å². The molecule has 0 aliphatic carbocycles. The van der Waals surface area contributed by atoms with Gasteiger partial charge in [-0.3, -0.25) is 0 Å². The molecule has 0 bridgehead atoms. The molecule has 154 valence electrons. The molecule has 0 aromatic carbocycles. The van der Waals surface area contributed by atoms with E-state index in [9.17, 15) is 13.2 Å². The van der Waals surface area contributed by atoms with Crippen LogP contribution in [0.2, 0.25) is 0 Å². The van der Waals surface area contributed by atoms with Gasteiger partial charge in [-0.2, -0.15) is 8.78 Å². The van der Waals surface area contributed by atoms with Gasteiger partial charge in [-0.1, -0.05) is 13.8 Å². The second kappa shape index (κ2) is 10.3. The zero-order chi connectivity index (χ0) is 21.4. The van der Waals surface area contributed by atoms with Crippen LogP contribution in [0.15, 0.2) is 42.9 Å². The molecular weight excluding hydrogens is 385 g/mol. The third-order valence-electron chi connectivity index (χ3n) is 3.69. The summed E-state index contributed by atoms with van der Waals surface area (Å²) < 4.78 is 48.0. The number of hydrogen-bond donors (Lipinski definition) is 1. The Kier molecular flexibility index (Phi) is 7.76. The number of nitrogens with two attached hydrogens (primary N) is 1. The van der Waals surface area contributed by atoms with Crippen molar-refractivity contribution >= 4 is 5.82 Å². The topological polar surface area (TPSA) is 83.2 Å². The minimum atomic E-state index is -2.98. The summed E-state index contributed by atoms with van der Waals surface area (Å²) in [6.07, 6.45) is 4.75. The molecule has 6 nitrogen and oxygen atoms in total. The number of nitrogen functional groups attached to an aromatic ring is 1. The van der Waals surface area contributed by atoms with Crippen molar-refractivity contribution in [1.29, 1.82) is 0 Å². The number of aromatic nitrogens is 3. The molecule has 3 aromatic rings. The van der Waals surface area contributed by atoms with Crippen LogP contribution in [0.25, 0.3) is 11.1 Å². The van der Waals surface area contributed by atoms with E-state index < -0.39 is 12.4 Å². The first kappa shape index (κ1) is 21.9. The van der Waals surface area contributed by atoms with E-state index in [2.05, 4.69) is 19.7 Å². The number of nitrogens with zero attached hydrogens (tertiary/aromatic N) is 3. The maximum atomic E-state index is 13.6.